The summed E-state index contributed by atoms with van der Waals surface area (Å²) in [4.78, 5) is 23.1. The predicted molar refractivity (Wildman–Crippen MR) is 88.2 cm³/mol. The van der Waals surface area contributed by atoms with Crippen molar-refractivity contribution in [1.82, 2.24) is 5.32 Å². The Balaban J connectivity index is 1.80. The second kappa shape index (κ2) is 7.50. The number of Topliss-reactive ketones (excluding diaryl/α,β-unsaturated/α-hetero) is 1. The lowest BCUT2D eigenvalue weighted by Crippen LogP contribution is -2.36. The van der Waals surface area contributed by atoms with Gasteiger partial charge in [-0.05, 0) is 56.2 Å². The molecule has 0 bridgehead atoms. The zero-order valence-electron chi connectivity index (χ0n) is 12.5. The van der Waals surface area contributed by atoms with E-state index in [4.69, 9.17) is 0 Å². The van der Waals surface area contributed by atoms with E-state index in [-0.39, 0.29) is 17.9 Å². The Bertz CT molecular complexity index is 502. The highest BCUT2D eigenvalue weighted by molar-refractivity contribution is 7.99. The topological polar surface area (TPSA) is 58.2 Å². The summed E-state index contributed by atoms with van der Waals surface area (Å²) >= 11 is 1.97. The van der Waals surface area contributed by atoms with Crippen molar-refractivity contribution < 1.29 is 9.59 Å². The number of thioether (sulfide) groups is 1. The van der Waals surface area contributed by atoms with E-state index in [0.29, 0.717) is 16.5 Å². The average molecular weight is 306 g/mol. The summed E-state index contributed by atoms with van der Waals surface area (Å²) in [6, 6.07) is 7.05. The third kappa shape index (κ3) is 4.77. The second-order valence-electron chi connectivity index (χ2n) is 5.32. The van der Waals surface area contributed by atoms with Crippen LogP contribution < -0.4 is 10.6 Å². The van der Waals surface area contributed by atoms with Crippen LogP contribution >= 0.6 is 11.8 Å². The third-order valence-electron chi connectivity index (χ3n) is 3.67. The van der Waals surface area contributed by atoms with E-state index < -0.39 is 0 Å². The molecule has 21 heavy (non-hydrogen) atoms. The predicted octanol–water partition coefficient (Wildman–Crippen LogP) is 3.68. The molecule has 2 atom stereocenters. The first-order chi connectivity index (χ1) is 10.1. The lowest BCUT2D eigenvalue weighted by atomic mass is 10.1. The van der Waals surface area contributed by atoms with Crippen LogP contribution in [0.1, 0.15) is 43.5 Å². The van der Waals surface area contributed by atoms with E-state index in [0.717, 1.165) is 18.6 Å². The van der Waals surface area contributed by atoms with Gasteiger partial charge < -0.3 is 10.6 Å². The zero-order valence-corrected chi connectivity index (χ0v) is 13.3. The fourth-order valence-corrected chi connectivity index (χ4v) is 3.74. The number of nitrogens with one attached hydrogen (secondary N) is 2. The van der Waals surface area contributed by atoms with E-state index in [1.165, 1.54) is 13.3 Å². The van der Waals surface area contributed by atoms with Gasteiger partial charge >= 0.3 is 6.03 Å². The minimum atomic E-state index is -0.169. The molecule has 1 fully saturated rings. The summed E-state index contributed by atoms with van der Waals surface area (Å²) in [6.45, 7) is 3.70. The first-order valence-electron chi connectivity index (χ1n) is 7.38. The highest BCUT2D eigenvalue weighted by Gasteiger charge is 2.25. The van der Waals surface area contributed by atoms with Gasteiger partial charge in [0.1, 0.15) is 0 Å². The Morgan fingerprint density at radius 3 is 2.57 bits per heavy atom. The normalized spacial score (nSPS) is 21.0. The maximum atomic E-state index is 12.0. The van der Waals surface area contributed by atoms with Crippen LogP contribution in [0.5, 0.6) is 0 Å². The largest absolute Gasteiger partial charge is 0.335 e. The fourth-order valence-electron chi connectivity index (χ4n) is 2.60. The Morgan fingerprint density at radius 1 is 1.24 bits per heavy atom. The van der Waals surface area contributed by atoms with Crippen molar-refractivity contribution in [2.75, 3.05) is 11.1 Å². The molecule has 2 amide bonds. The van der Waals surface area contributed by atoms with Gasteiger partial charge in [0, 0.05) is 22.5 Å². The molecule has 0 aliphatic heterocycles. The van der Waals surface area contributed by atoms with Crippen molar-refractivity contribution in [3.8, 4) is 0 Å². The molecule has 0 spiro atoms. The molecule has 1 aliphatic carbocycles. The molecule has 5 heteroatoms. The molecular formula is C16H22N2O2S. The quantitative estimate of drug-likeness (QED) is 0.816. The summed E-state index contributed by atoms with van der Waals surface area (Å²) in [5.41, 5.74) is 1.35. The van der Waals surface area contributed by atoms with Crippen LogP contribution in [0.15, 0.2) is 24.3 Å². The van der Waals surface area contributed by atoms with Gasteiger partial charge in [-0.2, -0.15) is 11.8 Å². The molecule has 0 aromatic heterocycles. The molecule has 4 nitrogen and oxygen atoms in total. The highest BCUT2D eigenvalue weighted by atomic mass is 32.2. The van der Waals surface area contributed by atoms with Gasteiger partial charge in [0.25, 0.3) is 0 Å². The van der Waals surface area contributed by atoms with Crippen molar-refractivity contribution in [3.63, 3.8) is 0 Å². The average Bonchev–Trinajstić information content (AvgIpc) is 2.87. The van der Waals surface area contributed by atoms with Crippen molar-refractivity contribution in [3.05, 3.63) is 29.8 Å². The molecule has 114 valence electrons. The number of hydrogen-bond donors (Lipinski definition) is 2. The van der Waals surface area contributed by atoms with Gasteiger partial charge in [-0.3, -0.25) is 4.79 Å². The second-order valence-corrected chi connectivity index (χ2v) is 6.90. The highest BCUT2D eigenvalue weighted by Crippen LogP contribution is 2.29. The number of carbonyl (C=O) groups excluding carboxylic acids is 2. The van der Waals surface area contributed by atoms with Gasteiger partial charge in [0.2, 0.25) is 0 Å². The van der Waals surface area contributed by atoms with Crippen molar-refractivity contribution >= 4 is 29.3 Å². The minimum absolute atomic E-state index is 0.0245. The Labute approximate surface area is 130 Å². The molecule has 0 heterocycles. The first-order valence-corrected chi connectivity index (χ1v) is 8.43. The Hall–Kier alpha value is -1.49. The molecule has 1 saturated carbocycles. The fraction of sp³-hybridized carbons (Fsp3) is 0.500. The maximum Gasteiger partial charge on any atom is 0.319 e. The van der Waals surface area contributed by atoms with E-state index in [9.17, 15) is 9.59 Å². The van der Waals surface area contributed by atoms with Crippen LogP contribution in [-0.2, 0) is 0 Å². The van der Waals surface area contributed by atoms with Gasteiger partial charge in [-0.15, -0.1) is 0 Å². The number of anilines is 1. The molecule has 0 radical (unpaired) electrons. The van der Waals surface area contributed by atoms with Crippen LogP contribution in [0.4, 0.5) is 10.5 Å². The molecule has 2 unspecified atom stereocenters. The molecule has 2 N–H and O–H groups in total. The van der Waals surface area contributed by atoms with Crippen molar-refractivity contribution in [1.29, 1.82) is 0 Å². The molecule has 1 aromatic rings. The molecule has 1 aliphatic rings. The maximum absolute atomic E-state index is 12.0. The number of benzene rings is 1. The molecule has 1 aromatic carbocycles. The Kier molecular flexibility index (Phi) is 5.67. The number of ketones is 1. The smallest absolute Gasteiger partial charge is 0.319 e. The van der Waals surface area contributed by atoms with E-state index in [2.05, 4.69) is 17.6 Å². The summed E-state index contributed by atoms with van der Waals surface area (Å²) in [5.74, 6) is 1.16. The van der Waals surface area contributed by atoms with Crippen LogP contribution in [-0.4, -0.2) is 28.9 Å². The molecule has 2 rings (SSSR count). The van der Waals surface area contributed by atoms with Gasteiger partial charge in [-0.25, -0.2) is 4.79 Å². The standard InChI is InChI=1S/C16H22N2O2S/c1-3-21-15-9-8-14(10-15)18-16(20)17-13-6-4-12(5-7-13)11(2)19/h4-7,14-15H,3,8-10H2,1-2H3,(H2,17,18,20). The first kappa shape index (κ1) is 15.9. The van der Waals surface area contributed by atoms with Gasteiger partial charge in [-0.1, -0.05) is 6.92 Å². The van der Waals surface area contributed by atoms with Crippen molar-refractivity contribution in [2.45, 2.75) is 44.4 Å². The van der Waals surface area contributed by atoms with Gasteiger partial charge in [0.15, 0.2) is 5.78 Å². The number of amides is 2. The molecular weight excluding hydrogens is 284 g/mol. The van der Waals surface area contributed by atoms with Crippen LogP contribution in [0.25, 0.3) is 0 Å². The van der Waals surface area contributed by atoms with E-state index in [1.54, 1.807) is 24.3 Å². The third-order valence-corrected chi connectivity index (χ3v) is 4.90. The number of rotatable bonds is 5. The molecule has 0 saturated heterocycles. The number of urea groups is 1. The summed E-state index contributed by atoms with van der Waals surface area (Å²) in [7, 11) is 0. The van der Waals surface area contributed by atoms with Crippen LogP contribution in [0, 0.1) is 0 Å². The van der Waals surface area contributed by atoms with Gasteiger partial charge in [0.05, 0.1) is 0 Å². The monoisotopic (exact) mass is 306 g/mol. The van der Waals surface area contributed by atoms with Crippen molar-refractivity contribution in [2.24, 2.45) is 0 Å². The number of carbonyl (C=O) groups is 2. The number of hydrogen-bond acceptors (Lipinski definition) is 3. The summed E-state index contributed by atoms with van der Waals surface area (Å²) in [5, 5.41) is 6.51. The van der Waals surface area contributed by atoms with Crippen LogP contribution in [0.2, 0.25) is 0 Å². The van der Waals surface area contributed by atoms with E-state index in [1.807, 2.05) is 11.8 Å². The zero-order chi connectivity index (χ0) is 15.2. The van der Waals surface area contributed by atoms with E-state index >= 15 is 0 Å². The Morgan fingerprint density at radius 2 is 1.95 bits per heavy atom. The minimum Gasteiger partial charge on any atom is -0.335 e. The summed E-state index contributed by atoms with van der Waals surface area (Å²) < 4.78 is 0. The lowest BCUT2D eigenvalue weighted by Gasteiger charge is -2.14. The SMILES string of the molecule is CCSC1CCC(NC(=O)Nc2ccc(C(C)=O)cc2)C1. The summed E-state index contributed by atoms with van der Waals surface area (Å²) in [6.07, 6.45) is 3.28. The lowest BCUT2D eigenvalue weighted by molar-refractivity contribution is 0.101. The van der Waals surface area contributed by atoms with Crippen LogP contribution in [0.3, 0.4) is 0 Å².